The van der Waals surface area contributed by atoms with Gasteiger partial charge in [-0.25, -0.2) is 13.8 Å². The van der Waals surface area contributed by atoms with Gasteiger partial charge >= 0.3 is 0 Å². The van der Waals surface area contributed by atoms with Crippen LogP contribution in [0.3, 0.4) is 0 Å². The van der Waals surface area contributed by atoms with Gasteiger partial charge in [0.2, 0.25) is 0 Å². The number of hydrogen-bond acceptors (Lipinski definition) is 3. The summed E-state index contributed by atoms with van der Waals surface area (Å²) in [4.78, 5) is 16.3. The zero-order valence-corrected chi connectivity index (χ0v) is 13.9. The molecule has 2 aromatic carbocycles. The van der Waals surface area contributed by atoms with E-state index in [1.165, 1.54) is 17.4 Å². The van der Waals surface area contributed by atoms with E-state index in [0.29, 0.717) is 16.4 Å². The topological polar surface area (TPSA) is 42.0 Å². The van der Waals surface area contributed by atoms with Crippen molar-refractivity contribution in [3.63, 3.8) is 0 Å². The van der Waals surface area contributed by atoms with E-state index < -0.39 is 11.6 Å². The zero-order valence-electron chi connectivity index (χ0n) is 11.5. The van der Waals surface area contributed by atoms with E-state index in [-0.39, 0.29) is 11.5 Å². The van der Waals surface area contributed by atoms with Crippen LogP contribution in [-0.4, -0.2) is 10.9 Å². The number of thiazole rings is 1. The van der Waals surface area contributed by atoms with Crippen molar-refractivity contribution >= 4 is 38.3 Å². The molecule has 0 saturated carbocycles. The van der Waals surface area contributed by atoms with E-state index >= 15 is 0 Å². The third-order valence-electron chi connectivity index (χ3n) is 3.04. The molecule has 0 unspecified atom stereocenters. The maximum Gasteiger partial charge on any atom is 0.257 e. The maximum absolute atomic E-state index is 13.7. The molecule has 0 radical (unpaired) electrons. The quantitative estimate of drug-likeness (QED) is 0.670. The van der Waals surface area contributed by atoms with Crippen LogP contribution in [0.25, 0.3) is 11.3 Å². The van der Waals surface area contributed by atoms with E-state index in [1.807, 2.05) is 0 Å². The Hall–Kier alpha value is -2.12. The summed E-state index contributed by atoms with van der Waals surface area (Å²) in [6.45, 7) is 0. The molecule has 0 aliphatic heterocycles. The van der Waals surface area contributed by atoms with Crippen molar-refractivity contribution in [3.05, 3.63) is 69.5 Å². The number of amides is 1. The summed E-state index contributed by atoms with van der Waals surface area (Å²) in [5, 5.41) is 4.60. The molecule has 3 rings (SSSR count). The van der Waals surface area contributed by atoms with Crippen molar-refractivity contribution in [3.8, 4) is 11.3 Å². The van der Waals surface area contributed by atoms with E-state index in [1.54, 1.807) is 29.6 Å². The molecule has 0 bridgehead atoms. The van der Waals surface area contributed by atoms with Gasteiger partial charge in [-0.1, -0.05) is 15.9 Å². The Kier molecular flexibility index (Phi) is 4.49. The van der Waals surface area contributed by atoms with Crippen molar-refractivity contribution in [1.82, 2.24) is 4.98 Å². The molecule has 0 fully saturated rings. The first kappa shape index (κ1) is 15.8. The minimum absolute atomic E-state index is 0.187. The van der Waals surface area contributed by atoms with Gasteiger partial charge in [-0.3, -0.25) is 10.1 Å². The molecule has 0 aliphatic carbocycles. The number of halogens is 3. The number of anilines is 1. The highest BCUT2D eigenvalue weighted by atomic mass is 79.9. The fourth-order valence-electron chi connectivity index (χ4n) is 1.92. The Balaban J connectivity index is 1.79. The monoisotopic (exact) mass is 394 g/mol. The van der Waals surface area contributed by atoms with Crippen LogP contribution < -0.4 is 5.32 Å². The highest BCUT2D eigenvalue weighted by Gasteiger charge is 2.12. The minimum Gasteiger partial charge on any atom is -0.298 e. The molecular weight excluding hydrogens is 386 g/mol. The molecule has 3 nitrogen and oxygen atoms in total. The number of aromatic nitrogens is 1. The van der Waals surface area contributed by atoms with Crippen LogP contribution in [0, 0.1) is 11.6 Å². The molecule has 1 aromatic heterocycles. The van der Waals surface area contributed by atoms with E-state index in [9.17, 15) is 13.6 Å². The first-order chi connectivity index (χ1) is 11.0. The van der Waals surface area contributed by atoms with Gasteiger partial charge in [0.1, 0.15) is 11.6 Å². The van der Waals surface area contributed by atoms with Gasteiger partial charge < -0.3 is 0 Å². The van der Waals surface area contributed by atoms with Gasteiger partial charge in [0, 0.05) is 27.0 Å². The van der Waals surface area contributed by atoms with Crippen LogP contribution in [-0.2, 0) is 0 Å². The Morgan fingerprint density at radius 2 is 1.87 bits per heavy atom. The lowest BCUT2D eigenvalue weighted by Gasteiger charge is -2.02. The van der Waals surface area contributed by atoms with Crippen LogP contribution >= 0.6 is 27.3 Å². The molecule has 1 amide bonds. The second-order valence-electron chi connectivity index (χ2n) is 4.62. The van der Waals surface area contributed by atoms with E-state index in [4.69, 9.17) is 0 Å². The normalized spacial score (nSPS) is 10.6. The molecule has 116 valence electrons. The molecule has 3 aromatic rings. The van der Waals surface area contributed by atoms with Gasteiger partial charge in [-0.05, 0) is 36.4 Å². The molecule has 1 N–H and O–H groups in total. The van der Waals surface area contributed by atoms with Gasteiger partial charge in [0.25, 0.3) is 5.91 Å². The largest absolute Gasteiger partial charge is 0.298 e. The summed E-state index contributed by atoms with van der Waals surface area (Å²) in [6, 6.07) is 10.2. The summed E-state index contributed by atoms with van der Waals surface area (Å²) in [5.74, 6) is -1.65. The zero-order chi connectivity index (χ0) is 16.4. The third kappa shape index (κ3) is 3.62. The van der Waals surface area contributed by atoms with Crippen LogP contribution in [0.1, 0.15) is 10.4 Å². The fourth-order valence-corrected chi connectivity index (χ4v) is 2.89. The van der Waals surface area contributed by atoms with Crippen molar-refractivity contribution in [2.75, 3.05) is 5.32 Å². The molecule has 0 saturated heterocycles. The van der Waals surface area contributed by atoms with Crippen molar-refractivity contribution in [2.45, 2.75) is 0 Å². The summed E-state index contributed by atoms with van der Waals surface area (Å²) in [5.41, 5.74) is 1.02. The SMILES string of the molecule is O=C(Nc1nc(-c2ccc(F)cc2F)cs1)c1ccc(Br)cc1. The first-order valence-corrected chi connectivity index (χ1v) is 8.18. The van der Waals surface area contributed by atoms with Crippen molar-refractivity contribution < 1.29 is 13.6 Å². The average molecular weight is 395 g/mol. The number of nitrogens with one attached hydrogen (secondary N) is 1. The standard InChI is InChI=1S/C16H9BrF2N2OS/c17-10-3-1-9(2-4-10)15(22)21-16-20-14(8-23-16)12-6-5-11(18)7-13(12)19/h1-8H,(H,20,21,22). The van der Waals surface area contributed by atoms with Gasteiger partial charge in [-0.2, -0.15) is 0 Å². The molecule has 1 heterocycles. The number of nitrogens with zero attached hydrogens (tertiary/aromatic N) is 1. The Bertz CT molecular complexity index is 865. The molecular formula is C16H9BrF2N2OS. The summed E-state index contributed by atoms with van der Waals surface area (Å²) in [6.07, 6.45) is 0. The predicted octanol–water partition coefficient (Wildman–Crippen LogP) is 5.10. The summed E-state index contributed by atoms with van der Waals surface area (Å²) < 4.78 is 27.6. The Morgan fingerprint density at radius 1 is 1.13 bits per heavy atom. The summed E-state index contributed by atoms with van der Waals surface area (Å²) >= 11 is 4.47. The van der Waals surface area contributed by atoms with E-state index in [2.05, 4.69) is 26.2 Å². The van der Waals surface area contributed by atoms with Gasteiger partial charge in [0.05, 0.1) is 5.69 Å². The predicted molar refractivity (Wildman–Crippen MR) is 89.6 cm³/mol. The van der Waals surface area contributed by atoms with Gasteiger partial charge in [-0.15, -0.1) is 11.3 Å². The lowest BCUT2D eigenvalue weighted by Crippen LogP contribution is -2.11. The van der Waals surface area contributed by atoms with Crippen molar-refractivity contribution in [2.24, 2.45) is 0 Å². The summed E-state index contributed by atoms with van der Waals surface area (Å²) in [7, 11) is 0. The number of benzene rings is 2. The smallest absolute Gasteiger partial charge is 0.257 e. The highest BCUT2D eigenvalue weighted by Crippen LogP contribution is 2.27. The molecule has 0 atom stereocenters. The fraction of sp³-hybridized carbons (Fsp3) is 0. The second kappa shape index (κ2) is 6.55. The van der Waals surface area contributed by atoms with E-state index in [0.717, 1.165) is 16.6 Å². The van der Waals surface area contributed by atoms with Crippen molar-refractivity contribution in [1.29, 1.82) is 0 Å². The lowest BCUT2D eigenvalue weighted by atomic mass is 10.1. The number of carbonyl (C=O) groups excluding carboxylic acids is 1. The first-order valence-electron chi connectivity index (χ1n) is 6.51. The van der Waals surface area contributed by atoms with Gasteiger partial charge in [0.15, 0.2) is 5.13 Å². The number of hydrogen-bond donors (Lipinski definition) is 1. The van der Waals surface area contributed by atoms with Crippen LogP contribution in [0.15, 0.2) is 52.3 Å². The second-order valence-corrected chi connectivity index (χ2v) is 6.40. The molecule has 0 spiro atoms. The molecule has 0 aliphatic rings. The Morgan fingerprint density at radius 3 is 2.57 bits per heavy atom. The molecule has 23 heavy (non-hydrogen) atoms. The molecule has 7 heteroatoms. The average Bonchev–Trinajstić information content (AvgIpc) is 2.96. The number of carbonyl (C=O) groups is 1. The number of rotatable bonds is 3. The maximum atomic E-state index is 13.7. The minimum atomic E-state index is -0.693. The Labute approximate surface area is 143 Å². The third-order valence-corrected chi connectivity index (χ3v) is 4.32. The van der Waals surface area contributed by atoms with Crippen LogP contribution in [0.2, 0.25) is 0 Å². The highest BCUT2D eigenvalue weighted by molar-refractivity contribution is 9.10. The van der Waals surface area contributed by atoms with Crippen LogP contribution in [0.4, 0.5) is 13.9 Å². The van der Waals surface area contributed by atoms with Crippen LogP contribution in [0.5, 0.6) is 0 Å². The lowest BCUT2D eigenvalue weighted by molar-refractivity contribution is 0.102.